The van der Waals surface area contributed by atoms with Crippen molar-refractivity contribution in [3.05, 3.63) is 50.9 Å². The van der Waals surface area contributed by atoms with Crippen molar-refractivity contribution in [1.82, 2.24) is 15.6 Å². The third kappa shape index (κ3) is 4.98. The molecule has 7 heteroatoms. The van der Waals surface area contributed by atoms with Gasteiger partial charge in [0, 0.05) is 17.5 Å². The van der Waals surface area contributed by atoms with Gasteiger partial charge in [-0.15, -0.1) is 11.3 Å². The van der Waals surface area contributed by atoms with Gasteiger partial charge in [0.2, 0.25) is 0 Å². The van der Waals surface area contributed by atoms with E-state index in [1.54, 1.807) is 19.2 Å². The van der Waals surface area contributed by atoms with Gasteiger partial charge >= 0.3 is 6.03 Å². The van der Waals surface area contributed by atoms with Crippen molar-refractivity contribution in [2.45, 2.75) is 26.1 Å². The van der Waals surface area contributed by atoms with E-state index in [-0.39, 0.29) is 12.1 Å². The van der Waals surface area contributed by atoms with Crippen LogP contribution in [0.2, 0.25) is 5.02 Å². The number of methoxy groups -OCH3 is 1. The number of amides is 2. The highest BCUT2D eigenvalue weighted by Crippen LogP contribution is 2.16. The van der Waals surface area contributed by atoms with Crippen molar-refractivity contribution < 1.29 is 9.53 Å². The van der Waals surface area contributed by atoms with Gasteiger partial charge in [-0.1, -0.05) is 23.7 Å². The van der Waals surface area contributed by atoms with Crippen LogP contribution in [0.3, 0.4) is 0 Å². The molecule has 2 rings (SSSR count). The molecule has 0 aliphatic rings. The number of rotatable bonds is 6. The summed E-state index contributed by atoms with van der Waals surface area (Å²) in [5.41, 5.74) is 1.82. The fourth-order valence-electron chi connectivity index (χ4n) is 1.87. The zero-order chi connectivity index (χ0) is 15.9. The molecule has 2 N–H and O–H groups in total. The van der Waals surface area contributed by atoms with Gasteiger partial charge in [-0.3, -0.25) is 0 Å². The van der Waals surface area contributed by atoms with Crippen LogP contribution in [-0.2, 0) is 17.9 Å². The summed E-state index contributed by atoms with van der Waals surface area (Å²) in [7, 11) is 1.63. The topological polar surface area (TPSA) is 63.2 Å². The summed E-state index contributed by atoms with van der Waals surface area (Å²) in [4.78, 5) is 16.3. The Morgan fingerprint density at radius 3 is 2.82 bits per heavy atom. The number of nitrogens with one attached hydrogen (secondary N) is 2. The highest BCUT2D eigenvalue weighted by Gasteiger charge is 2.10. The summed E-state index contributed by atoms with van der Waals surface area (Å²) in [5.74, 6) is 0. The normalized spacial score (nSPS) is 12.0. The van der Waals surface area contributed by atoms with Gasteiger partial charge in [-0.2, -0.15) is 0 Å². The molecular formula is C15H18ClN3O2S. The zero-order valence-electron chi connectivity index (χ0n) is 12.4. The minimum Gasteiger partial charge on any atom is -0.378 e. The highest BCUT2D eigenvalue weighted by atomic mass is 35.5. The molecule has 0 aliphatic heterocycles. The molecule has 0 aliphatic carbocycles. The average Bonchev–Trinajstić information content (AvgIpc) is 2.94. The third-order valence-corrected chi connectivity index (χ3v) is 4.14. The number of hydrogen-bond acceptors (Lipinski definition) is 4. The molecule has 2 aromatic rings. The van der Waals surface area contributed by atoms with Crippen LogP contribution in [-0.4, -0.2) is 18.1 Å². The van der Waals surface area contributed by atoms with Crippen LogP contribution < -0.4 is 10.6 Å². The molecule has 0 saturated carbocycles. The van der Waals surface area contributed by atoms with Crippen molar-refractivity contribution in [2.24, 2.45) is 0 Å². The van der Waals surface area contributed by atoms with Crippen LogP contribution in [0, 0.1) is 0 Å². The van der Waals surface area contributed by atoms with Gasteiger partial charge in [-0.05, 0) is 24.6 Å². The van der Waals surface area contributed by atoms with Gasteiger partial charge < -0.3 is 15.4 Å². The third-order valence-electron chi connectivity index (χ3n) is 3.01. The van der Waals surface area contributed by atoms with Crippen LogP contribution in [0.4, 0.5) is 4.79 Å². The van der Waals surface area contributed by atoms with Gasteiger partial charge in [0.15, 0.2) is 0 Å². The maximum absolute atomic E-state index is 11.9. The van der Waals surface area contributed by atoms with E-state index in [4.69, 9.17) is 16.3 Å². The number of nitrogens with zero attached hydrogens (tertiary/aromatic N) is 1. The molecule has 2 amide bonds. The molecule has 1 atom stereocenters. The number of aromatic nitrogens is 1. The van der Waals surface area contributed by atoms with E-state index in [9.17, 15) is 4.79 Å². The lowest BCUT2D eigenvalue weighted by molar-refractivity contribution is 0.184. The fourth-order valence-corrected chi connectivity index (χ4v) is 2.76. The van der Waals surface area contributed by atoms with Gasteiger partial charge in [0.25, 0.3) is 0 Å². The first kappa shape index (κ1) is 16.7. The van der Waals surface area contributed by atoms with Crippen molar-refractivity contribution >= 4 is 29.0 Å². The SMILES string of the molecule is COCc1nc(CNC(=O)N[C@H](C)c2ccc(Cl)cc2)cs1. The van der Waals surface area contributed by atoms with E-state index in [2.05, 4.69) is 15.6 Å². The van der Waals surface area contributed by atoms with Gasteiger partial charge in [0.1, 0.15) is 5.01 Å². The van der Waals surface area contributed by atoms with Gasteiger partial charge in [0.05, 0.1) is 24.9 Å². The first-order valence-electron chi connectivity index (χ1n) is 6.80. The number of carbonyl (C=O) groups excluding carboxylic acids is 1. The van der Waals surface area contributed by atoms with E-state index in [0.29, 0.717) is 18.2 Å². The first-order chi connectivity index (χ1) is 10.6. The van der Waals surface area contributed by atoms with Gasteiger partial charge in [-0.25, -0.2) is 9.78 Å². The number of hydrogen-bond donors (Lipinski definition) is 2. The van der Waals surface area contributed by atoms with Crippen molar-refractivity contribution in [2.75, 3.05) is 7.11 Å². The number of carbonyl (C=O) groups is 1. The molecule has 1 aromatic carbocycles. The number of ether oxygens (including phenoxy) is 1. The fraction of sp³-hybridized carbons (Fsp3) is 0.333. The summed E-state index contributed by atoms with van der Waals surface area (Å²) in [6.45, 7) is 2.80. The summed E-state index contributed by atoms with van der Waals surface area (Å²) >= 11 is 7.37. The Balaban J connectivity index is 1.80. The van der Waals surface area contributed by atoms with E-state index in [1.165, 1.54) is 11.3 Å². The Morgan fingerprint density at radius 2 is 2.14 bits per heavy atom. The summed E-state index contributed by atoms with van der Waals surface area (Å²) in [5, 5.41) is 9.16. The minimum atomic E-state index is -0.233. The predicted octanol–water partition coefficient (Wildman–Crippen LogP) is 3.50. The summed E-state index contributed by atoms with van der Waals surface area (Å²) in [6.07, 6.45) is 0. The molecule has 22 heavy (non-hydrogen) atoms. The monoisotopic (exact) mass is 339 g/mol. The predicted molar refractivity (Wildman–Crippen MR) is 88.1 cm³/mol. The Morgan fingerprint density at radius 1 is 1.41 bits per heavy atom. The largest absolute Gasteiger partial charge is 0.378 e. The summed E-state index contributed by atoms with van der Waals surface area (Å²) in [6, 6.07) is 7.06. The van der Waals surface area contributed by atoms with E-state index in [0.717, 1.165) is 16.3 Å². The quantitative estimate of drug-likeness (QED) is 0.846. The number of thiazole rings is 1. The molecule has 0 saturated heterocycles. The Bertz CT molecular complexity index is 616. The standard InChI is InChI=1S/C15H18ClN3O2S/c1-10(11-3-5-12(16)6-4-11)18-15(20)17-7-13-9-22-14(19-13)8-21-2/h3-6,9-10H,7-8H2,1-2H3,(H2,17,18,20)/t10-/m1/s1. The molecule has 0 spiro atoms. The molecule has 1 aromatic heterocycles. The second-order valence-corrected chi connectivity index (χ2v) is 6.14. The second kappa shape index (κ2) is 8.12. The maximum Gasteiger partial charge on any atom is 0.315 e. The van der Waals surface area contributed by atoms with Crippen LogP contribution in [0.25, 0.3) is 0 Å². The molecule has 118 valence electrons. The van der Waals surface area contributed by atoms with Crippen molar-refractivity contribution in [1.29, 1.82) is 0 Å². The second-order valence-electron chi connectivity index (χ2n) is 4.77. The molecule has 0 bridgehead atoms. The lowest BCUT2D eigenvalue weighted by Crippen LogP contribution is -2.36. The van der Waals surface area contributed by atoms with Crippen LogP contribution in [0.15, 0.2) is 29.6 Å². The average molecular weight is 340 g/mol. The van der Waals surface area contributed by atoms with Crippen LogP contribution in [0.1, 0.15) is 29.2 Å². The maximum atomic E-state index is 11.9. The lowest BCUT2D eigenvalue weighted by Gasteiger charge is -2.14. The Kier molecular flexibility index (Phi) is 6.18. The van der Waals surface area contributed by atoms with E-state index < -0.39 is 0 Å². The highest BCUT2D eigenvalue weighted by molar-refractivity contribution is 7.09. The molecule has 0 fully saturated rings. The molecule has 0 radical (unpaired) electrons. The first-order valence-corrected chi connectivity index (χ1v) is 8.06. The van der Waals surface area contributed by atoms with E-state index >= 15 is 0 Å². The van der Waals surface area contributed by atoms with E-state index in [1.807, 2.05) is 24.4 Å². The Labute approximate surface area is 138 Å². The van der Waals surface area contributed by atoms with Crippen LogP contribution in [0.5, 0.6) is 0 Å². The molecule has 0 unspecified atom stereocenters. The number of benzene rings is 1. The number of halogens is 1. The lowest BCUT2D eigenvalue weighted by atomic mass is 10.1. The molecular weight excluding hydrogens is 322 g/mol. The molecule has 1 heterocycles. The Hall–Kier alpha value is -1.63. The summed E-state index contributed by atoms with van der Waals surface area (Å²) < 4.78 is 5.02. The smallest absolute Gasteiger partial charge is 0.315 e. The minimum absolute atomic E-state index is 0.100. The molecule has 5 nitrogen and oxygen atoms in total. The van der Waals surface area contributed by atoms with Crippen molar-refractivity contribution in [3.8, 4) is 0 Å². The van der Waals surface area contributed by atoms with Crippen molar-refractivity contribution in [3.63, 3.8) is 0 Å². The van der Waals surface area contributed by atoms with Crippen LogP contribution >= 0.6 is 22.9 Å². The number of urea groups is 1. The zero-order valence-corrected chi connectivity index (χ0v) is 14.0.